The van der Waals surface area contributed by atoms with Crippen molar-refractivity contribution in [2.24, 2.45) is 11.3 Å². The molecule has 6 heteroatoms. The molecule has 1 atom stereocenters. The minimum absolute atomic E-state index is 0.00636. The zero-order chi connectivity index (χ0) is 15.2. The molecule has 0 saturated heterocycles. The number of hydrogen-bond acceptors (Lipinski definition) is 4. The second kappa shape index (κ2) is 7.07. The van der Waals surface area contributed by atoms with E-state index in [1.54, 1.807) is 0 Å². The van der Waals surface area contributed by atoms with Gasteiger partial charge >= 0.3 is 5.97 Å². The lowest BCUT2D eigenvalue weighted by molar-refractivity contribution is -0.137. The van der Waals surface area contributed by atoms with E-state index in [9.17, 15) is 9.59 Å². The van der Waals surface area contributed by atoms with Crippen LogP contribution in [0.5, 0.6) is 0 Å². The Hall–Kier alpha value is -1.85. The van der Waals surface area contributed by atoms with E-state index in [1.807, 2.05) is 0 Å². The number of carbonyl (C=O) groups excluding carboxylic acids is 1. The van der Waals surface area contributed by atoms with Crippen LogP contribution in [0.3, 0.4) is 0 Å². The van der Waals surface area contributed by atoms with Crippen LogP contribution in [-0.4, -0.2) is 28.7 Å². The van der Waals surface area contributed by atoms with Crippen LogP contribution in [0, 0.1) is 11.3 Å². The van der Waals surface area contributed by atoms with Gasteiger partial charge in [-0.15, -0.1) is 0 Å². The third kappa shape index (κ3) is 5.42. The van der Waals surface area contributed by atoms with Crippen molar-refractivity contribution in [2.45, 2.75) is 40.0 Å². The van der Waals surface area contributed by atoms with E-state index < -0.39 is 5.97 Å². The molecule has 20 heavy (non-hydrogen) atoms. The fraction of sp³-hybridized carbons (Fsp3) is 0.643. The molecule has 112 valence electrons. The monoisotopic (exact) mass is 282 g/mol. The van der Waals surface area contributed by atoms with Gasteiger partial charge in [-0.1, -0.05) is 25.9 Å². The molecule has 0 fully saturated rings. The second-order valence-corrected chi connectivity index (χ2v) is 5.92. The summed E-state index contributed by atoms with van der Waals surface area (Å²) in [5.74, 6) is -0.671. The molecule has 1 aromatic rings. The summed E-state index contributed by atoms with van der Waals surface area (Å²) in [4.78, 5) is 22.3. The largest absolute Gasteiger partial charge is 0.481 e. The third-order valence-electron chi connectivity index (χ3n) is 3.37. The predicted octanol–water partition coefficient (Wildman–Crippen LogP) is 2.32. The van der Waals surface area contributed by atoms with Crippen LogP contribution >= 0.6 is 0 Å². The maximum atomic E-state index is 11.7. The van der Waals surface area contributed by atoms with Crippen LogP contribution in [0.25, 0.3) is 0 Å². The normalized spacial score (nSPS) is 12.9. The summed E-state index contributed by atoms with van der Waals surface area (Å²) < 4.78 is 4.76. The SMILES string of the molecule is CC(C)(C)C(CCNC(=O)c1ccno1)CCC(=O)O. The minimum Gasteiger partial charge on any atom is -0.481 e. The van der Waals surface area contributed by atoms with Crippen LogP contribution in [0.4, 0.5) is 0 Å². The summed E-state index contributed by atoms with van der Waals surface area (Å²) in [5, 5.41) is 15.0. The molecule has 0 aliphatic rings. The minimum atomic E-state index is -0.787. The third-order valence-corrected chi connectivity index (χ3v) is 3.37. The van der Waals surface area contributed by atoms with Crippen molar-refractivity contribution in [3.8, 4) is 0 Å². The summed E-state index contributed by atoms with van der Waals surface area (Å²) in [5.41, 5.74) is 0.00636. The number of aliphatic carboxylic acids is 1. The van der Waals surface area contributed by atoms with E-state index in [2.05, 4.69) is 31.2 Å². The van der Waals surface area contributed by atoms with Gasteiger partial charge in [-0.05, 0) is 24.2 Å². The van der Waals surface area contributed by atoms with Crippen LogP contribution in [-0.2, 0) is 4.79 Å². The maximum absolute atomic E-state index is 11.7. The lowest BCUT2D eigenvalue weighted by atomic mass is 9.76. The number of amides is 1. The van der Waals surface area contributed by atoms with Gasteiger partial charge in [0.15, 0.2) is 0 Å². The van der Waals surface area contributed by atoms with Crippen LogP contribution in [0.15, 0.2) is 16.8 Å². The number of nitrogens with zero attached hydrogens (tertiary/aromatic N) is 1. The molecule has 0 aliphatic carbocycles. The van der Waals surface area contributed by atoms with Crippen LogP contribution in [0.1, 0.15) is 50.6 Å². The highest BCUT2D eigenvalue weighted by molar-refractivity contribution is 5.91. The van der Waals surface area contributed by atoms with Gasteiger partial charge in [0.2, 0.25) is 5.76 Å². The average molecular weight is 282 g/mol. The Morgan fingerprint density at radius 2 is 2.10 bits per heavy atom. The molecule has 6 nitrogen and oxygen atoms in total. The number of rotatable bonds is 7. The number of aromatic nitrogens is 1. The molecule has 1 amide bonds. The Kier molecular flexibility index (Phi) is 5.73. The van der Waals surface area contributed by atoms with E-state index in [0.717, 1.165) is 6.42 Å². The highest BCUT2D eigenvalue weighted by Crippen LogP contribution is 2.32. The van der Waals surface area contributed by atoms with E-state index in [1.165, 1.54) is 12.3 Å². The Bertz CT molecular complexity index is 435. The number of carbonyl (C=O) groups is 2. The van der Waals surface area contributed by atoms with Crippen molar-refractivity contribution in [3.05, 3.63) is 18.0 Å². The van der Waals surface area contributed by atoms with Crippen molar-refractivity contribution in [3.63, 3.8) is 0 Å². The Morgan fingerprint density at radius 3 is 2.60 bits per heavy atom. The predicted molar refractivity (Wildman–Crippen MR) is 73.3 cm³/mol. The van der Waals surface area contributed by atoms with Gasteiger partial charge in [0.1, 0.15) is 0 Å². The second-order valence-electron chi connectivity index (χ2n) is 5.92. The zero-order valence-electron chi connectivity index (χ0n) is 12.2. The van der Waals surface area contributed by atoms with Gasteiger partial charge in [0, 0.05) is 19.0 Å². The Morgan fingerprint density at radius 1 is 1.40 bits per heavy atom. The first-order valence-electron chi connectivity index (χ1n) is 6.71. The summed E-state index contributed by atoms with van der Waals surface area (Å²) in [7, 11) is 0. The molecule has 0 bridgehead atoms. The molecule has 0 aromatic carbocycles. The van der Waals surface area contributed by atoms with Crippen molar-refractivity contribution < 1.29 is 19.2 Å². The molecule has 0 spiro atoms. The van der Waals surface area contributed by atoms with Crippen LogP contribution in [0.2, 0.25) is 0 Å². The first-order chi connectivity index (χ1) is 9.30. The van der Waals surface area contributed by atoms with Crippen molar-refractivity contribution in [1.29, 1.82) is 0 Å². The number of hydrogen-bond donors (Lipinski definition) is 2. The summed E-state index contributed by atoms with van der Waals surface area (Å²) in [6.07, 6.45) is 2.91. The van der Waals surface area contributed by atoms with E-state index in [0.29, 0.717) is 13.0 Å². The molecule has 2 N–H and O–H groups in total. The molecular formula is C14H22N2O4. The molecule has 0 radical (unpaired) electrons. The number of carboxylic acid groups (broad SMARTS) is 1. The first kappa shape index (κ1) is 16.2. The van der Waals surface area contributed by atoms with E-state index >= 15 is 0 Å². The lowest BCUT2D eigenvalue weighted by Crippen LogP contribution is -2.29. The van der Waals surface area contributed by atoms with Crippen molar-refractivity contribution in [1.82, 2.24) is 10.5 Å². The number of nitrogens with one attached hydrogen (secondary N) is 1. The fourth-order valence-electron chi connectivity index (χ4n) is 2.09. The zero-order valence-corrected chi connectivity index (χ0v) is 12.2. The van der Waals surface area contributed by atoms with Crippen molar-refractivity contribution >= 4 is 11.9 Å². The molecule has 1 rings (SSSR count). The molecule has 1 unspecified atom stereocenters. The van der Waals surface area contributed by atoms with Crippen LogP contribution < -0.4 is 5.32 Å². The topological polar surface area (TPSA) is 92.4 Å². The van der Waals surface area contributed by atoms with Gasteiger partial charge in [-0.2, -0.15) is 0 Å². The van der Waals surface area contributed by atoms with Crippen molar-refractivity contribution in [2.75, 3.05) is 6.54 Å². The highest BCUT2D eigenvalue weighted by Gasteiger charge is 2.25. The maximum Gasteiger partial charge on any atom is 0.303 e. The first-order valence-corrected chi connectivity index (χ1v) is 6.71. The average Bonchev–Trinajstić information content (AvgIpc) is 2.84. The van der Waals surface area contributed by atoms with Gasteiger partial charge in [0.25, 0.3) is 5.91 Å². The van der Waals surface area contributed by atoms with E-state index in [-0.39, 0.29) is 29.4 Å². The van der Waals surface area contributed by atoms with E-state index in [4.69, 9.17) is 9.63 Å². The lowest BCUT2D eigenvalue weighted by Gasteiger charge is -2.30. The summed E-state index contributed by atoms with van der Waals surface area (Å²) in [6.45, 7) is 6.73. The quantitative estimate of drug-likeness (QED) is 0.800. The smallest absolute Gasteiger partial charge is 0.303 e. The molecule has 1 heterocycles. The molecular weight excluding hydrogens is 260 g/mol. The highest BCUT2D eigenvalue weighted by atomic mass is 16.5. The number of carboxylic acids is 1. The van der Waals surface area contributed by atoms with Gasteiger partial charge < -0.3 is 14.9 Å². The van der Waals surface area contributed by atoms with Gasteiger partial charge in [-0.25, -0.2) is 0 Å². The standard InChI is InChI=1S/C14H22N2O4/c1-14(2,3)10(4-5-12(17)18)6-8-15-13(19)11-7-9-16-20-11/h7,9-10H,4-6,8H2,1-3H3,(H,15,19)(H,17,18). The summed E-state index contributed by atoms with van der Waals surface area (Å²) in [6, 6.07) is 1.50. The van der Waals surface area contributed by atoms with Gasteiger partial charge in [0.05, 0.1) is 6.20 Å². The molecule has 0 saturated carbocycles. The fourth-order valence-corrected chi connectivity index (χ4v) is 2.09. The Balaban J connectivity index is 2.42. The van der Waals surface area contributed by atoms with Gasteiger partial charge in [-0.3, -0.25) is 9.59 Å². The molecule has 1 aromatic heterocycles. The molecule has 0 aliphatic heterocycles. The summed E-state index contributed by atoms with van der Waals surface area (Å²) >= 11 is 0. The Labute approximate surface area is 118 Å².